The summed E-state index contributed by atoms with van der Waals surface area (Å²) in [5.41, 5.74) is 8.44. The van der Waals surface area contributed by atoms with Crippen molar-refractivity contribution in [3.05, 3.63) is 58.0 Å². The summed E-state index contributed by atoms with van der Waals surface area (Å²) < 4.78 is 13.1. The number of nitrogens with two attached hydrogens (primary N) is 1. The number of hydrogen-bond acceptors (Lipinski definition) is 2. The molecule has 0 aliphatic carbocycles. The maximum atomic E-state index is 13.1. The van der Waals surface area contributed by atoms with E-state index in [1.807, 2.05) is 13.0 Å². The second-order valence-electron chi connectivity index (χ2n) is 3.90. The molecule has 2 aromatic rings. The van der Waals surface area contributed by atoms with Crippen LogP contribution in [0.15, 0.2) is 30.5 Å². The van der Waals surface area contributed by atoms with Gasteiger partial charge in [-0.25, -0.2) is 9.37 Å². The highest BCUT2D eigenvalue weighted by molar-refractivity contribution is 6.31. The molecular weight excluding hydrogens is 239 g/mol. The quantitative estimate of drug-likeness (QED) is 0.888. The highest BCUT2D eigenvalue weighted by atomic mass is 35.5. The minimum absolute atomic E-state index is 0.301. The fourth-order valence-electron chi connectivity index (χ4n) is 1.71. The predicted molar refractivity (Wildman–Crippen MR) is 67.6 cm³/mol. The highest BCUT2D eigenvalue weighted by Gasteiger charge is 2.09. The summed E-state index contributed by atoms with van der Waals surface area (Å²) in [5, 5.41) is 0.536. The first-order valence-electron chi connectivity index (χ1n) is 5.22. The summed E-state index contributed by atoms with van der Waals surface area (Å²) >= 11 is 6.02. The van der Waals surface area contributed by atoms with Gasteiger partial charge in [0.15, 0.2) is 0 Å². The number of nitrogen functional groups attached to an aromatic ring is 1. The largest absolute Gasteiger partial charge is 0.383 e. The van der Waals surface area contributed by atoms with E-state index >= 15 is 0 Å². The Labute approximate surface area is 104 Å². The van der Waals surface area contributed by atoms with Crippen LogP contribution in [0.25, 0.3) is 0 Å². The molecule has 1 aromatic carbocycles. The molecule has 1 aromatic heterocycles. The van der Waals surface area contributed by atoms with Crippen molar-refractivity contribution in [3.8, 4) is 0 Å². The summed E-state index contributed by atoms with van der Waals surface area (Å²) in [6, 6.07) is 6.19. The third kappa shape index (κ3) is 2.56. The van der Waals surface area contributed by atoms with Gasteiger partial charge in [-0.3, -0.25) is 0 Å². The summed E-state index contributed by atoms with van der Waals surface area (Å²) in [4.78, 5) is 4.03. The van der Waals surface area contributed by atoms with Crippen molar-refractivity contribution >= 4 is 17.4 Å². The van der Waals surface area contributed by atoms with Crippen molar-refractivity contribution in [2.45, 2.75) is 13.3 Å². The molecule has 0 aliphatic heterocycles. The number of halogens is 2. The Morgan fingerprint density at radius 2 is 2.12 bits per heavy atom. The Morgan fingerprint density at radius 3 is 2.82 bits per heavy atom. The van der Waals surface area contributed by atoms with Crippen LogP contribution in [0.2, 0.25) is 5.02 Å². The fourth-order valence-corrected chi connectivity index (χ4v) is 1.89. The number of hydrogen-bond donors (Lipinski definition) is 1. The van der Waals surface area contributed by atoms with Crippen LogP contribution in [0.4, 0.5) is 10.2 Å². The van der Waals surface area contributed by atoms with Crippen LogP contribution in [0, 0.1) is 12.7 Å². The van der Waals surface area contributed by atoms with E-state index in [1.165, 1.54) is 12.1 Å². The molecule has 0 amide bonds. The topological polar surface area (TPSA) is 38.9 Å². The number of aromatic nitrogens is 1. The van der Waals surface area contributed by atoms with Crippen molar-refractivity contribution in [1.82, 2.24) is 4.98 Å². The van der Waals surface area contributed by atoms with Gasteiger partial charge in [0.1, 0.15) is 11.6 Å². The van der Waals surface area contributed by atoms with Gasteiger partial charge in [0.25, 0.3) is 0 Å². The van der Waals surface area contributed by atoms with Gasteiger partial charge < -0.3 is 5.73 Å². The first-order valence-corrected chi connectivity index (χ1v) is 5.59. The van der Waals surface area contributed by atoms with Gasteiger partial charge in [-0.05, 0) is 42.3 Å². The number of anilines is 1. The molecule has 0 saturated heterocycles. The van der Waals surface area contributed by atoms with Crippen LogP contribution in [0.1, 0.15) is 16.7 Å². The van der Waals surface area contributed by atoms with Crippen molar-refractivity contribution in [3.63, 3.8) is 0 Å². The van der Waals surface area contributed by atoms with Gasteiger partial charge in [-0.15, -0.1) is 0 Å². The molecule has 1 heterocycles. The van der Waals surface area contributed by atoms with Gasteiger partial charge in [-0.2, -0.15) is 0 Å². The minimum atomic E-state index is -0.301. The van der Waals surface area contributed by atoms with E-state index in [1.54, 1.807) is 12.3 Å². The van der Waals surface area contributed by atoms with E-state index in [0.29, 0.717) is 17.3 Å². The van der Waals surface area contributed by atoms with Gasteiger partial charge in [-0.1, -0.05) is 11.6 Å². The van der Waals surface area contributed by atoms with Crippen molar-refractivity contribution in [1.29, 1.82) is 0 Å². The number of aryl methyl sites for hydroxylation is 1. The molecule has 0 spiro atoms. The molecule has 2 N–H and O–H groups in total. The molecular formula is C13H12ClFN2. The van der Waals surface area contributed by atoms with Crippen molar-refractivity contribution in [2.75, 3.05) is 5.73 Å². The molecule has 0 unspecified atom stereocenters. The second kappa shape index (κ2) is 4.72. The molecule has 0 bridgehead atoms. The first-order chi connectivity index (χ1) is 8.08. The fraction of sp³-hybridized carbons (Fsp3) is 0.154. The molecule has 0 fully saturated rings. The van der Waals surface area contributed by atoms with E-state index in [-0.39, 0.29) is 5.82 Å². The average molecular weight is 251 g/mol. The number of benzene rings is 1. The molecule has 0 aliphatic rings. The van der Waals surface area contributed by atoms with E-state index in [9.17, 15) is 4.39 Å². The number of nitrogens with zero attached hydrogens (tertiary/aromatic N) is 1. The lowest BCUT2D eigenvalue weighted by molar-refractivity contribution is 0.626. The number of pyridine rings is 1. The van der Waals surface area contributed by atoms with Gasteiger partial charge in [0, 0.05) is 23.2 Å². The Morgan fingerprint density at radius 1 is 1.35 bits per heavy atom. The Balaban J connectivity index is 2.41. The van der Waals surface area contributed by atoms with Crippen molar-refractivity contribution < 1.29 is 4.39 Å². The Hall–Kier alpha value is -1.61. The van der Waals surface area contributed by atoms with E-state index in [2.05, 4.69) is 4.98 Å². The lowest BCUT2D eigenvalue weighted by Crippen LogP contribution is -2.01. The van der Waals surface area contributed by atoms with Crippen LogP contribution >= 0.6 is 11.6 Å². The van der Waals surface area contributed by atoms with Crippen LogP contribution < -0.4 is 5.73 Å². The summed E-state index contributed by atoms with van der Waals surface area (Å²) in [5.74, 6) is 0.162. The van der Waals surface area contributed by atoms with E-state index < -0.39 is 0 Å². The maximum absolute atomic E-state index is 13.1. The third-order valence-electron chi connectivity index (χ3n) is 2.70. The average Bonchev–Trinajstić information content (AvgIpc) is 2.28. The maximum Gasteiger partial charge on any atom is 0.127 e. The molecule has 0 atom stereocenters. The lowest BCUT2D eigenvalue weighted by atomic mass is 10.0. The molecule has 2 rings (SSSR count). The molecule has 88 valence electrons. The molecule has 0 radical (unpaired) electrons. The molecule has 0 saturated carbocycles. The minimum Gasteiger partial charge on any atom is -0.383 e. The normalized spacial score (nSPS) is 10.5. The summed E-state index contributed by atoms with van der Waals surface area (Å²) in [6.45, 7) is 1.95. The predicted octanol–water partition coefficient (Wildman–Crippen LogP) is 3.36. The standard InChI is InChI=1S/C13H12ClFN2/c1-8-4-5-17-13(16)11(8)7-9-6-10(15)2-3-12(9)14/h2-6H,7H2,1H3,(H2,16,17). The van der Waals surface area contributed by atoms with E-state index in [4.69, 9.17) is 17.3 Å². The number of rotatable bonds is 2. The Bertz CT molecular complexity index is 535. The van der Waals surface area contributed by atoms with E-state index in [0.717, 1.165) is 16.7 Å². The summed E-state index contributed by atoms with van der Waals surface area (Å²) in [6.07, 6.45) is 2.14. The molecule has 2 nitrogen and oxygen atoms in total. The Kier molecular flexibility index (Phi) is 3.29. The summed E-state index contributed by atoms with van der Waals surface area (Å²) in [7, 11) is 0. The van der Waals surface area contributed by atoms with Crippen LogP contribution in [0.3, 0.4) is 0 Å². The second-order valence-corrected chi connectivity index (χ2v) is 4.31. The van der Waals surface area contributed by atoms with Crippen molar-refractivity contribution in [2.24, 2.45) is 0 Å². The van der Waals surface area contributed by atoms with Gasteiger partial charge in [0.05, 0.1) is 0 Å². The van der Waals surface area contributed by atoms with Crippen LogP contribution in [-0.4, -0.2) is 4.98 Å². The molecule has 4 heteroatoms. The smallest absolute Gasteiger partial charge is 0.127 e. The zero-order chi connectivity index (χ0) is 12.4. The molecule has 17 heavy (non-hydrogen) atoms. The van der Waals surface area contributed by atoms with Crippen LogP contribution in [-0.2, 0) is 6.42 Å². The lowest BCUT2D eigenvalue weighted by Gasteiger charge is -2.09. The first kappa shape index (κ1) is 11.9. The zero-order valence-corrected chi connectivity index (χ0v) is 10.1. The highest BCUT2D eigenvalue weighted by Crippen LogP contribution is 2.24. The van der Waals surface area contributed by atoms with Gasteiger partial charge >= 0.3 is 0 Å². The third-order valence-corrected chi connectivity index (χ3v) is 3.07. The SMILES string of the molecule is Cc1ccnc(N)c1Cc1cc(F)ccc1Cl. The van der Waals surface area contributed by atoms with Gasteiger partial charge in [0.2, 0.25) is 0 Å². The monoisotopic (exact) mass is 250 g/mol. The van der Waals surface area contributed by atoms with Crippen LogP contribution in [0.5, 0.6) is 0 Å². The zero-order valence-electron chi connectivity index (χ0n) is 9.37.